The van der Waals surface area contributed by atoms with Crippen molar-refractivity contribution in [1.82, 2.24) is 14.9 Å². The molecule has 0 spiro atoms. The third-order valence-electron chi connectivity index (χ3n) is 4.42. The fourth-order valence-corrected chi connectivity index (χ4v) is 3.05. The van der Waals surface area contributed by atoms with Crippen LogP contribution in [0.15, 0.2) is 18.2 Å². The van der Waals surface area contributed by atoms with Gasteiger partial charge in [-0.3, -0.25) is 0 Å². The van der Waals surface area contributed by atoms with Gasteiger partial charge in [-0.15, -0.1) is 0 Å². The van der Waals surface area contributed by atoms with Gasteiger partial charge in [-0.2, -0.15) is 0 Å². The fraction of sp³-hybridized carbons (Fsp3) is 0.412. The summed E-state index contributed by atoms with van der Waals surface area (Å²) in [5, 5.41) is 15.0. The number of imidazole rings is 1. The van der Waals surface area contributed by atoms with E-state index in [9.17, 15) is 9.90 Å². The van der Waals surface area contributed by atoms with Crippen LogP contribution in [0.2, 0.25) is 0 Å². The number of hydrogen-bond acceptors (Lipinski definition) is 3. The minimum absolute atomic E-state index is 0.0348. The molecule has 3 N–H and O–H groups in total. The normalized spacial score (nSPS) is 16.7. The maximum atomic E-state index is 11.5. The molecule has 2 amide bonds. The Kier molecular flexibility index (Phi) is 3.98. The number of hydrogen-bond donors (Lipinski definition) is 3. The highest BCUT2D eigenvalue weighted by Gasteiger charge is 2.22. The molecule has 0 aliphatic carbocycles. The number of phenolic OH excluding ortho intramolecular Hbond substituents is 1. The van der Waals surface area contributed by atoms with Gasteiger partial charge in [-0.1, -0.05) is 6.92 Å². The lowest BCUT2D eigenvalue weighted by molar-refractivity contribution is 0.254. The second-order valence-electron chi connectivity index (χ2n) is 6.15. The van der Waals surface area contributed by atoms with Crippen molar-refractivity contribution in [2.45, 2.75) is 33.2 Å². The lowest BCUT2D eigenvalue weighted by Gasteiger charge is -2.20. The number of urea groups is 1. The van der Waals surface area contributed by atoms with Crippen LogP contribution < -0.4 is 10.6 Å². The van der Waals surface area contributed by atoms with Crippen LogP contribution in [0.1, 0.15) is 24.9 Å². The molecule has 122 valence electrons. The van der Waals surface area contributed by atoms with E-state index >= 15 is 0 Å². The number of fused-ring (bicyclic) bond motifs is 1. The Balaban J connectivity index is 1.99. The average molecular weight is 314 g/mol. The van der Waals surface area contributed by atoms with Crippen LogP contribution in [-0.2, 0) is 13.0 Å². The predicted octanol–water partition coefficient (Wildman–Crippen LogP) is 2.90. The highest BCUT2D eigenvalue weighted by atomic mass is 16.3. The first kappa shape index (κ1) is 15.4. The highest BCUT2D eigenvalue weighted by molar-refractivity contribution is 5.91. The second-order valence-corrected chi connectivity index (χ2v) is 6.15. The monoisotopic (exact) mass is 314 g/mol. The van der Waals surface area contributed by atoms with Crippen LogP contribution in [-0.4, -0.2) is 27.7 Å². The van der Waals surface area contributed by atoms with E-state index in [1.165, 1.54) is 13.5 Å². The van der Waals surface area contributed by atoms with Gasteiger partial charge in [0.15, 0.2) is 0 Å². The Hall–Kier alpha value is -2.50. The van der Waals surface area contributed by atoms with E-state index < -0.39 is 0 Å². The number of amides is 2. The molecule has 0 saturated heterocycles. The first-order valence-electron chi connectivity index (χ1n) is 7.87. The Morgan fingerprint density at radius 1 is 1.43 bits per heavy atom. The van der Waals surface area contributed by atoms with E-state index in [2.05, 4.69) is 29.0 Å². The van der Waals surface area contributed by atoms with Crippen LogP contribution in [0.3, 0.4) is 0 Å². The van der Waals surface area contributed by atoms with Crippen molar-refractivity contribution < 1.29 is 9.90 Å². The fourth-order valence-electron chi connectivity index (χ4n) is 3.05. The number of carbonyl (C=O) groups excluding carboxylic acids is 1. The lowest BCUT2D eigenvalue weighted by atomic mass is 10.0. The molecule has 0 saturated carbocycles. The van der Waals surface area contributed by atoms with Gasteiger partial charge >= 0.3 is 6.03 Å². The zero-order chi connectivity index (χ0) is 16.6. The first-order valence-corrected chi connectivity index (χ1v) is 7.87. The maximum absolute atomic E-state index is 11.5. The van der Waals surface area contributed by atoms with Crippen molar-refractivity contribution in [3.63, 3.8) is 0 Å². The molecule has 2 aromatic rings. The summed E-state index contributed by atoms with van der Waals surface area (Å²) in [4.78, 5) is 16.3. The number of rotatable bonds is 2. The number of aromatic nitrogens is 2. The average Bonchev–Trinajstić information content (AvgIpc) is 2.85. The molecule has 0 fully saturated rings. The van der Waals surface area contributed by atoms with E-state index in [4.69, 9.17) is 4.98 Å². The maximum Gasteiger partial charge on any atom is 0.319 e. The van der Waals surface area contributed by atoms with Gasteiger partial charge in [-0.05, 0) is 37.5 Å². The summed E-state index contributed by atoms with van der Waals surface area (Å²) in [6.07, 6.45) is 2.16. The summed E-state index contributed by atoms with van der Waals surface area (Å²) in [6.45, 7) is 5.32. The van der Waals surface area contributed by atoms with Crippen LogP contribution in [0.4, 0.5) is 10.5 Å². The van der Waals surface area contributed by atoms with Gasteiger partial charge in [-0.25, -0.2) is 9.78 Å². The Morgan fingerprint density at radius 3 is 2.96 bits per heavy atom. The van der Waals surface area contributed by atoms with Crippen molar-refractivity contribution in [2.24, 2.45) is 5.92 Å². The number of nitrogens with one attached hydrogen (secondary N) is 2. The summed E-state index contributed by atoms with van der Waals surface area (Å²) >= 11 is 0. The van der Waals surface area contributed by atoms with Crippen molar-refractivity contribution in [3.05, 3.63) is 29.7 Å². The Bertz CT molecular complexity index is 751. The predicted molar refractivity (Wildman–Crippen MR) is 89.6 cm³/mol. The highest BCUT2D eigenvalue weighted by Crippen LogP contribution is 2.33. The molecular weight excluding hydrogens is 292 g/mol. The van der Waals surface area contributed by atoms with E-state index in [1.54, 1.807) is 12.1 Å². The molecule has 2 heterocycles. The molecule has 6 heteroatoms. The summed E-state index contributed by atoms with van der Waals surface area (Å²) in [5.41, 5.74) is 3.30. The quantitative estimate of drug-likeness (QED) is 0.746. The van der Waals surface area contributed by atoms with Crippen molar-refractivity contribution in [1.29, 1.82) is 0 Å². The standard InChI is InChI=1S/C17H22N4O2/c1-10-6-7-21-11(2)16(20-15(21)8-10)12-4-5-14(22)13(9-12)19-17(23)18-3/h4-5,9-10,22H,6-8H2,1-3H3,(H2,18,19,23). The molecule has 3 rings (SSSR count). The molecular formula is C17H22N4O2. The number of carbonyl (C=O) groups is 1. The van der Waals surface area contributed by atoms with E-state index in [1.807, 2.05) is 6.07 Å². The molecule has 23 heavy (non-hydrogen) atoms. The molecule has 1 aliphatic heterocycles. The van der Waals surface area contributed by atoms with Gasteiger partial charge in [0.25, 0.3) is 0 Å². The third-order valence-corrected chi connectivity index (χ3v) is 4.42. The molecule has 1 aliphatic rings. The minimum atomic E-state index is -0.368. The topological polar surface area (TPSA) is 79.2 Å². The zero-order valence-electron chi connectivity index (χ0n) is 13.7. The molecule has 1 aromatic carbocycles. The first-order chi connectivity index (χ1) is 11.0. The van der Waals surface area contributed by atoms with Gasteiger partial charge in [0.05, 0.1) is 11.4 Å². The van der Waals surface area contributed by atoms with E-state index in [0.717, 1.165) is 35.7 Å². The second kappa shape index (κ2) is 5.95. The van der Waals surface area contributed by atoms with Gasteiger partial charge in [0, 0.05) is 31.3 Å². The van der Waals surface area contributed by atoms with Crippen LogP contribution >= 0.6 is 0 Å². The van der Waals surface area contributed by atoms with Crippen LogP contribution in [0.5, 0.6) is 5.75 Å². The molecule has 0 bridgehead atoms. The summed E-state index contributed by atoms with van der Waals surface area (Å²) < 4.78 is 2.27. The summed E-state index contributed by atoms with van der Waals surface area (Å²) in [5.74, 6) is 1.81. The molecule has 1 atom stereocenters. The summed E-state index contributed by atoms with van der Waals surface area (Å²) in [7, 11) is 1.53. The number of anilines is 1. The largest absolute Gasteiger partial charge is 0.506 e. The van der Waals surface area contributed by atoms with Crippen molar-refractivity contribution in [3.8, 4) is 17.0 Å². The van der Waals surface area contributed by atoms with Gasteiger partial charge < -0.3 is 20.3 Å². The summed E-state index contributed by atoms with van der Waals surface area (Å²) in [6, 6.07) is 4.80. The van der Waals surface area contributed by atoms with E-state index in [-0.39, 0.29) is 11.8 Å². The SMILES string of the molecule is CNC(=O)Nc1cc(-c2nc3n(c2C)CCC(C)C3)ccc1O. The number of nitrogens with zero attached hydrogens (tertiary/aromatic N) is 2. The molecule has 1 unspecified atom stereocenters. The lowest BCUT2D eigenvalue weighted by Crippen LogP contribution is -2.24. The zero-order valence-corrected chi connectivity index (χ0v) is 13.7. The van der Waals surface area contributed by atoms with Gasteiger partial charge in [0.1, 0.15) is 11.6 Å². The van der Waals surface area contributed by atoms with Crippen LogP contribution in [0.25, 0.3) is 11.3 Å². The minimum Gasteiger partial charge on any atom is -0.506 e. The third kappa shape index (κ3) is 2.88. The van der Waals surface area contributed by atoms with E-state index in [0.29, 0.717) is 11.6 Å². The smallest absolute Gasteiger partial charge is 0.319 e. The van der Waals surface area contributed by atoms with Crippen LogP contribution in [0, 0.1) is 12.8 Å². The van der Waals surface area contributed by atoms with Crippen molar-refractivity contribution >= 4 is 11.7 Å². The Morgan fingerprint density at radius 2 is 2.22 bits per heavy atom. The Labute approximate surface area is 135 Å². The molecule has 6 nitrogen and oxygen atoms in total. The molecule has 0 radical (unpaired) electrons. The number of aromatic hydroxyl groups is 1. The number of benzene rings is 1. The molecule has 1 aromatic heterocycles. The van der Waals surface area contributed by atoms with Crippen molar-refractivity contribution in [2.75, 3.05) is 12.4 Å². The number of phenols is 1. The van der Waals surface area contributed by atoms with Gasteiger partial charge in [0.2, 0.25) is 0 Å².